The van der Waals surface area contributed by atoms with E-state index in [0.717, 1.165) is 0 Å². The minimum atomic E-state index is 0.405. The molecule has 13 atom stereocenters. The molecule has 2 aliphatic heterocycles. The van der Waals surface area contributed by atoms with Crippen molar-refractivity contribution in [2.24, 2.45) is 53.3 Å². The first-order chi connectivity index (χ1) is 25.6. The lowest BCUT2D eigenvalue weighted by atomic mass is 9.67. The highest BCUT2D eigenvalue weighted by molar-refractivity contribution is 5.43. The third-order valence-electron chi connectivity index (χ3n) is 15.2. The van der Waals surface area contributed by atoms with Crippen LogP contribution in [-0.4, -0.2) is 34.0 Å². The van der Waals surface area contributed by atoms with Gasteiger partial charge in [-0.25, -0.2) is 0 Å². The number of hydrogen-bond acceptors (Lipinski definition) is 2. The SMILES string of the molecule is CC1C(C2=CCCC=C2)C=C(N2C3C=CC=CC3C3C=CC(C4C=CC5C6C=C[C@@H](C)CC6N(C6=CC=CCC6)C5C4)=CC32)CC1C1=CCCCC1. The van der Waals surface area contributed by atoms with Gasteiger partial charge in [0.2, 0.25) is 0 Å². The van der Waals surface area contributed by atoms with Crippen LogP contribution in [-0.2, 0) is 0 Å². The molecule has 12 unspecified atom stereocenters. The molecule has 8 aliphatic carbocycles. The summed E-state index contributed by atoms with van der Waals surface area (Å²) in [6, 6.07) is 2.06. The van der Waals surface area contributed by atoms with E-state index in [4.69, 9.17) is 0 Å². The van der Waals surface area contributed by atoms with Crippen LogP contribution in [0.1, 0.15) is 84.5 Å². The maximum Gasteiger partial charge on any atom is 0.0551 e. The number of allylic oxidation sites excluding steroid dienone is 18. The van der Waals surface area contributed by atoms with E-state index in [1.165, 1.54) is 70.6 Å². The van der Waals surface area contributed by atoms with Gasteiger partial charge in [0.1, 0.15) is 0 Å². The third-order valence-corrected chi connectivity index (χ3v) is 15.2. The van der Waals surface area contributed by atoms with Crippen LogP contribution in [0, 0.1) is 53.3 Å². The lowest BCUT2D eigenvalue weighted by Gasteiger charge is -2.44. The van der Waals surface area contributed by atoms with Crippen molar-refractivity contribution in [3.63, 3.8) is 0 Å². The van der Waals surface area contributed by atoms with Gasteiger partial charge in [0.15, 0.2) is 0 Å². The van der Waals surface area contributed by atoms with Crippen molar-refractivity contribution in [1.29, 1.82) is 0 Å². The number of hydrogen-bond donors (Lipinski definition) is 0. The van der Waals surface area contributed by atoms with Crippen LogP contribution in [0.25, 0.3) is 0 Å². The molecule has 0 radical (unpaired) electrons. The fourth-order valence-electron chi connectivity index (χ4n) is 12.7. The standard InChI is InChI=1S/C50H60N2/c1-33-22-25-42-44-27-24-37(29-49(44)51(48(42)28-33)39-18-10-5-11-19-39)38-23-26-43-41-20-12-13-21-47(41)52(50(43)30-38)40-31-45(35-14-6-3-7-15-35)34(2)46(32-40)36-16-8-4-9-17-36/h5-6,10,12-16,18,20-27,30-31,33-34,37,41-50H,3-4,7-9,11,17,19,28-29,32H2,1-2H3/t33-,34?,37?,41?,42?,43?,44?,45?,46?,47?,48?,49?,50?/m1/s1. The maximum atomic E-state index is 2.94. The van der Waals surface area contributed by atoms with Gasteiger partial charge in [0.05, 0.1) is 12.1 Å². The minimum absolute atomic E-state index is 0.405. The Hall–Kier alpha value is -3.52. The summed E-state index contributed by atoms with van der Waals surface area (Å²) in [5.74, 6) is 5.24. The first-order valence-corrected chi connectivity index (χ1v) is 21.4. The molecular weight excluding hydrogens is 629 g/mol. The Kier molecular flexibility index (Phi) is 8.72. The molecule has 0 aromatic heterocycles. The number of fused-ring (bicyclic) bond motifs is 6. The highest BCUT2D eigenvalue weighted by atomic mass is 15.2. The van der Waals surface area contributed by atoms with Crippen molar-refractivity contribution in [3.8, 4) is 0 Å². The largest absolute Gasteiger partial charge is 0.368 e. The van der Waals surface area contributed by atoms with E-state index in [2.05, 4.69) is 139 Å². The van der Waals surface area contributed by atoms with Gasteiger partial charge in [0, 0.05) is 59.0 Å². The van der Waals surface area contributed by atoms with Gasteiger partial charge < -0.3 is 9.80 Å². The fourth-order valence-corrected chi connectivity index (χ4v) is 12.7. The molecular formula is C50H60N2. The van der Waals surface area contributed by atoms with Gasteiger partial charge in [-0.2, -0.15) is 0 Å². The van der Waals surface area contributed by atoms with Gasteiger partial charge in [-0.1, -0.05) is 129 Å². The maximum absolute atomic E-state index is 2.94. The summed E-state index contributed by atoms with van der Waals surface area (Å²) >= 11 is 0. The van der Waals surface area contributed by atoms with Gasteiger partial charge in [-0.15, -0.1) is 0 Å². The summed E-state index contributed by atoms with van der Waals surface area (Å²) < 4.78 is 0. The normalized spacial score (nSPS) is 42.9. The van der Waals surface area contributed by atoms with E-state index < -0.39 is 0 Å². The van der Waals surface area contributed by atoms with E-state index in [0.29, 0.717) is 77.4 Å². The molecule has 0 aromatic rings. The first-order valence-electron chi connectivity index (χ1n) is 21.4. The molecule has 10 aliphatic rings. The summed E-state index contributed by atoms with van der Waals surface area (Å²) in [5, 5.41) is 0. The zero-order valence-corrected chi connectivity index (χ0v) is 31.6. The molecule has 2 heteroatoms. The third kappa shape index (κ3) is 5.65. The Morgan fingerprint density at radius 2 is 1.46 bits per heavy atom. The van der Waals surface area contributed by atoms with Crippen molar-refractivity contribution in [1.82, 2.24) is 9.80 Å². The summed E-state index contributed by atoms with van der Waals surface area (Å²) in [5.41, 5.74) is 8.11. The molecule has 10 rings (SSSR count). The predicted octanol–water partition coefficient (Wildman–Crippen LogP) is 11.5. The Morgan fingerprint density at radius 1 is 0.596 bits per heavy atom. The zero-order valence-electron chi connectivity index (χ0n) is 31.6. The van der Waals surface area contributed by atoms with Gasteiger partial charge in [0.25, 0.3) is 0 Å². The molecule has 2 fully saturated rings. The summed E-state index contributed by atoms with van der Waals surface area (Å²) in [6.07, 6.45) is 61.9. The second-order valence-electron chi connectivity index (χ2n) is 18.0. The molecule has 2 saturated heterocycles. The number of likely N-dealkylation sites (tertiary alicyclic amines) is 2. The van der Waals surface area contributed by atoms with Crippen LogP contribution in [0.2, 0.25) is 0 Å². The molecule has 0 N–H and O–H groups in total. The van der Waals surface area contributed by atoms with Crippen molar-refractivity contribution in [2.45, 2.75) is 109 Å². The van der Waals surface area contributed by atoms with Crippen LogP contribution in [0.15, 0.2) is 144 Å². The number of nitrogens with zero attached hydrogens (tertiary/aromatic N) is 2. The quantitative estimate of drug-likeness (QED) is 0.265. The predicted molar refractivity (Wildman–Crippen MR) is 217 cm³/mol. The van der Waals surface area contributed by atoms with Crippen molar-refractivity contribution in [2.75, 3.05) is 0 Å². The lowest BCUT2D eigenvalue weighted by Crippen LogP contribution is -2.41. The van der Waals surface area contributed by atoms with E-state index in [1.807, 2.05) is 0 Å². The summed E-state index contributed by atoms with van der Waals surface area (Å²) in [7, 11) is 0. The molecule has 270 valence electrons. The van der Waals surface area contributed by atoms with Crippen LogP contribution in [0.4, 0.5) is 0 Å². The highest BCUT2D eigenvalue weighted by Crippen LogP contribution is 2.53. The van der Waals surface area contributed by atoms with Gasteiger partial charge >= 0.3 is 0 Å². The van der Waals surface area contributed by atoms with Crippen molar-refractivity contribution in [3.05, 3.63) is 144 Å². The Balaban J connectivity index is 0.998. The fraction of sp³-hybridized carbons (Fsp3) is 0.520. The highest BCUT2D eigenvalue weighted by Gasteiger charge is 2.52. The van der Waals surface area contributed by atoms with Crippen LogP contribution < -0.4 is 0 Å². The van der Waals surface area contributed by atoms with Crippen LogP contribution in [0.3, 0.4) is 0 Å². The van der Waals surface area contributed by atoms with Gasteiger partial charge in [-0.05, 0) is 106 Å². The molecule has 52 heavy (non-hydrogen) atoms. The minimum Gasteiger partial charge on any atom is -0.368 e. The first kappa shape index (κ1) is 33.1. The monoisotopic (exact) mass is 688 g/mol. The Morgan fingerprint density at radius 3 is 2.29 bits per heavy atom. The molecule has 0 bridgehead atoms. The smallest absolute Gasteiger partial charge is 0.0551 e. The molecule has 2 nitrogen and oxygen atoms in total. The van der Waals surface area contributed by atoms with E-state index >= 15 is 0 Å². The van der Waals surface area contributed by atoms with E-state index in [1.54, 1.807) is 28.1 Å². The Bertz CT molecular complexity index is 1800. The van der Waals surface area contributed by atoms with Crippen molar-refractivity contribution < 1.29 is 0 Å². The summed E-state index contributed by atoms with van der Waals surface area (Å²) in [4.78, 5) is 5.89. The summed E-state index contributed by atoms with van der Waals surface area (Å²) in [6.45, 7) is 4.99. The number of rotatable bonds is 5. The molecule has 0 saturated carbocycles. The molecule has 0 spiro atoms. The van der Waals surface area contributed by atoms with Gasteiger partial charge in [-0.3, -0.25) is 0 Å². The second kappa shape index (κ2) is 13.7. The average Bonchev–Trinajstić information content (AvgIpc) is 3.70. The topological polar surface area (TPSA) is 6.48 Å². The van der Waals surface area contributed by atoms with Crippen LogP contribution >= 0.6 is 0 Å². The lowest BCUT2D eigenvalue weighted by molar-refractivity contribution is 0.190. The van der Waals surface area contributed by atoms with Crippen LogP contribution in [0.5, 0.6) is 0 Å². The van der Waals surface area contributed by atoms with E-state index in [9.17, 15) is 0 Å². The zero-order chi connectivity index (χ0) is 34.8. The van der Waals surface area contributed by atoms with E-state index in [-0.39, 0.29) is 0 Å². The second-order valence-corrected chi connectivity index (χ2v) is 18.0. The molecule has 2 heterocycles. The molecule has 0 aromatic carbocycles. The Labute approximate surface area is 314 Å². The average molecular weight is 689 g/mol. The van der Waals surface area contributed by atoms with Crippen molar-refractivity contribution >= 4 is 0 Å². The molecule has 0 amide bonds.